The Hall–Kier alpha value is -1.89. The number of aromatic carboxylic acids is 1. The molecule has 2 heterocycles. The second kappa shape index (κ2) is 7.34. The van der Waals surface area contributed by atoms with Crippen LogP contribution in [0, 0.1) is 0 Å². The van der Waals surface area contributed by atoms with E-state index in [0.717, 1.165) is 63.1 Å². The smallest absolute Gasteiger partial charge is 0.356 e. The molecule has 1 aliphatic heterocycles. The molecule has 0 aromatic carbocycles. The molecule has 1 atom stereocenters. The molecule has 0 unspecified atom stereocenters. The number of fused-ring (bicyclic) bond motifs is 1. The summed E-state index contributed by atoms with van der Waals surface area (Å²) in [5.74, 6) is -0.693. The van der Waals surface area contributed by atoms with Gasteiger partial charge in [0.1, 0.15) is 0 Å². The lowest BCUT2D eigenvalue weighted by atomic mass is 9.91. The average molecular weight is 334 g/mol. The molecule has 0 radical (unpaired) electrons. The summed E-state index contributed by atoms with van der Waals surface area (Å²) in [6.45, 7) is 5.20. The number of carboxylic acid groups (broad SMARTS) is 1. The molecule has 1 saturated heterocycles. The number of hydrogen-bond acceptors (Lipinski definition) is 4. The monoisotopic (exact) mass is 334 g/mol. The average Bonchev–Trinajstić information content (AvgIpc) is 3.12. The first-order valence-corrected chi connectivity index (χ1v) is 8.93. The van der Waals surface area contributed by atoms with E-state index >= 15 is 0 Å². The minimum atomic E-state index is -0.940. The first kappa shape index (κ1) is 17.0. The molecule has 2 N–H and O–H groups in total. The van der Waals surface area contributed by atoms with Crippen molar-refractivity contribution < 1.29 is 14.7 Å². The van der Waals surface area contributed by atoms with Crippen LogP contribution in [0.15, 0.2) is 0 Å². The Morgan fingerprint density at radius 1 is 1.38 bits per heavy atom. The van der Waals surface area contributed by atoms with Crippen LogP contribution >= 0.6 is 0 Å². The van der Waals surface area contributed by atoms with E-state index in [-0.39, 0.29) is 17.6 Å². The van der Waals surface area contributed by atoms with Crippen LogP contribution in [0.4, 0.5) is 0 Å². The van der Waals surface area contributed by atoms with Gasteiger partial charge in [0, 0.05) is 49.9 Å². The van der Waals surface area contributed by atoms with Crippen LogP contribution in [0.2, 0.25) is 0 Å². The highest BCUT2D eigenvalue weighted by Crippen LogP contribution is 2.25. The van der Waals surface area contributed by atoms with Gasteiger partial charge in [-0.2, -0.15) is 5.10 Å². The zero-order valence-electron chi connectivity index (χ0n) is 14.3. The van der Waals surface area contributed by atoms with Gasteiger partial charge in [-0.05, 0) is 32.1 Å². The molecular weight excluding hydrogens is 308 g/mol. The lowest BCUT2D eigenvalue weighted by Gasteiger charge is -2.25. The largest absolute Gasteiger partial charge is 0.476 e. The molecule has 0 bridgehead atoms. The van der Waals surface area contributed by atoms with E-state index in [0.29, 0.717) is 12.8 Å². The molecule has 7 nitrogen and oxygen atoms in total. The van der Waals surface area contributed by atoms with Crippen LogP contribution in [0.5, 0.6) is 0 Å². The van der Waals surface area contributed by atoms with Gasteiger partial charge in [-0.25, -0.2) is 4.79 Å². The van der Waals surface area contributed by atoms with Crippen LogP contribution in [0.1, 0.15) is 54.4 Å². The zero-order valence-corrected chi connectivity index (χ0v) is 14.3. The van der Waals surface area contributed by atoms with Gasteiger partial charge in [0.05, 0.1) is 0 Å². The van der Waals surface area contributed by atoms with Gasteiger partial charge in [0.2, 0.25) is 5.91 Å². The predicted molar refractivity (Wildman–Crippen MR) is 89.1 cm³/mol. The standard InChI is InChI=1S/C17H26N4O3/c1-2-8-21-14-6-5-12(11-13(14)16(19-21)17(23)24)18-7-10-20-9-3-4-15(20)22/h12,18H,2-11H2,1H3,(H,23,24)/t12-/m0/s1. The minimum Gasteiger partial charge on any atom is -0.476 e. The van der Waals surface area contributed by atoms with Gasteiger partial charge in [-0.15, -0.1) is 0 Å². The van der Waals surface area contributed by atoms with Crippen molar-refractivity contribution in [1.29, 1.82) is 0 Å². The van der Waals surface area contributed by atoms with Gasteiger partial charge in [0.15, 0.2) is 5.69 Å². The summed E-state index contributed by atoms with van der Waals surface area (Å²) in [4.78, 5) is 25.0. The molecule has 1 aliphatic carbocycles. The highest BCUT2D eigenvalue weighted by Gasteiger charge is 2.29. The number of hydrogen-bond donors (Lipinski definition) is 2. The van der Waals surface area contributed by atoms with E-state index in [2.05, 4.69) is 17.3 Å². The molecule has 0 spiro atoms. The van der Waals surface area contributed by atoms with Gasteiger partial charge in [-0.1, -0.05) is 6.92 Å². The summed E-state index contributed by atoms with van der Waals surface area (Å²) in [5, 5.41) is 17.2. The van der Waals surface area contributed by atoms with E-state index in [1.165, 1.54) is 0 Å². The Morgan fingerprint density at radius 2 is 2.21 bits per heavy atom. The molecule has 3 rings (SSSR count). The van der Waals surface area contributed by atoms with Crippen molar-refractivity contribution in [3.05, 3.63) is 17.0 Å². The van der Waals surface area contributed by atoms with Crippen molar-refractivity contribution in [1.82, 2.24) is 20.0 Å². The molecule has 1 amide bonds. The number of nitrogens with zero attached hydrogens (tertiary/aromatic N) is 3. The van der Waals surface area contributed by atoms with E-state index in [4.69, 9.17) is 0 Å². The molecule has 0 saturated carbocycles. The molecule has 1 aromatic rings. The number of carbonyl (C=O) groups excluding carboxylic acids is 1. The Balaban J connectivity index is 1.61. The summed E-state index contributed by atoms with van der Waals surface area (Å²) < 4.78 is 1.87. The highest BCUT2D eigenvalue weighted by molar-refractivity contribution is 5.87. The predicted octanol–water partition coefficient (Wildman–Crippen LogP) is 1.06. The van der Waals surface area contributed by atoms with Gasteiger partial charge in [0.25, 0.3) is 0 Å². The Morgan fingerprint density at radius 3 is 2.88 bits per heavy atom. The van der Waals surface area contributed by atoms with Crippen LogP contribution in [-0.4, -0.2) is 57.3 Å². The Bertz CT molecular complexity index is 626. The second-order valence-corrected chi connectivity index (χ2v) is 6.68. The summed E-state index contributed by atoms with van der Waals surface area (Å²) in [5.41, 5.74) is 2.18. The first-order valence-electron chi connectivity index (χ1n) is 8.93. The normalized spacial score (nSPS) is 20.5. The number of aryl methyl sites for hydroxylation is 1. The quantitative estimate of drug-likeness (QED) is 0.778. The van der Waals surface area contributed by atoms with Gasteiger partial charge in [-0.3, -0.25) is 9.48 Å². The van der Waals surface area contributed by atoms with Crippen molar-refractivity contribution in [2.45, 2.75) is 58.0 Å². The molecular formula is C17H26N4O3. The number of likely N-dealkylation sites (tertiary alicyclic amines) is 1. The third-order valence-electron chi connectivity index (χ3n) is 4.97. The maximum atomic E-state index is 11.6. The van der Waals surface area contributed by atoms with E-state index in [1.54, 1.807) is 0 Å². The van der Waals surface area contributed by atoms with Crippen LogP contribution in [-0.2, 0) is 24.2 Å². The van der Waals surface area contributed by atoms with Crippen molar-refractivity contribution >= 4 is 11.9 Å². The van der Waals surface area contributed by atoms with Gasteiger partial charge < -0.3 is 15.3 Å². The number of amides is 1. The lowest BCUT2D eigenvalue weighted by Crippen LogP contribution is -2.40. The zero-order chi connectivity index (χ0) is 17.1. The van der Waals surface area contributed by atoms with Gasteiger partial charge >= 0.3 is 5.97 Å². The second-order valence-electron chi connectivity index (χ2n) is 6.68. The summed E-state index contributed by atoms with van der Waals surface area (Å²) in [6, 6.07) is 0.257. The first-order chi connectivity index (χ1) is 11.6. The maximum Gasteiger partial charge on any atom is 0.356 e. The fourth-order valence-corrected chi connectivity index (χ4v) is 3.77. The lowest BCUT2D eigenvalue weighted by molar-refractivity contribution is -0.127. The summed E-state index contributed by atoms with van der Waals surface area (Å²) in [6.07, 6.45) is 5.12. The molecule has 24 heavy (non-hydrogen) atoms. The molecule has 1 fully saturated rings. The third-order valence-corrected chi connectivity index (χ3v) is 4.97. The maximum absolute atomic E-state index is 11.6. The highest BCUT2D eigenvalue weighted by atomic mass is 16.4. The summed E-state index contributed by atoms with van der Waals surface area (Å²) in [7, 11) is 0. The SMILES string of the molecule is CCCn1nc(C(=O)O)c2c1CC[C@H](NCCN1CCCC1=O)C2. The van der Waals surface area contributed by atoms with Crippen LogP contribution in [0.25, 0.3) is 0 Å². The number of rotatable bonds is 7. The van der Waals surface area contributed by atoms with E-state index < -0.39 is 5.97 Å². The molecule has 1 aromatic heterocycles. The molecule has 2 aliphatic rings. The number of nitrogens with one attached hydrogen (secondary N) is 1. The van der Waals surface area contributed by atoms with Crippen LogP contribution in [0.3, 0.4) is 0 Å². The van der Waals surface area contributed by atoms with E-state index in [1.807, 2.05) is 9.58 Å². The Kier molecular flexibility index (Phi) is 5.18. The van der Waals surface area contributed by atoms with Crippen molar-refractivity contribution in [3.8, 4) is 0 Å². The topological polar surface area (TPSA) is 87.5 Å². The van der Waals surface area contributed by atoms with Crippen LogP contribution < -0.4 is 5.32 Å². The third kappa shape index (κ3) is 3.45. The van der Waals surface area contributed by atoms with Crippen molar-refractivity contribution in [3.63, 3.8) is 0 Å². The number of aromatic nitrogens is 2. The fraction of sp³-hybridized carbons (Fsp3) is 0.706. The Labute approximate surface area is 142 Å². The summed E-state index contributed by atoms with van der Waals surface area (Å²) >= 11 is 0. The van der Waals surface area contributed by atoms with Crippen molar-refractivity contribution in [2.24, 2.45) is 0 Å². The number of carbonyl (C=O) groups is 2. The number of carboxylic acids is 1. The molecule has 132 valence electrons. The molecule has 7 heteroatoms. The van der Waals surface area contributed by atoms with E-state index in [9.17, 15) is 14.7 Å². The van der Waals surface area contributed by atoms with Crippen molar-refractivity contribution in [2.75, 3.05) is 19.6 Å². The fourth-order valence-electron chi connectivity index (χ4n) is 3.77. The minimum absolute atomic E-state index is 0.208.